The molecule has 0 spiro atoms. The Labute approximate surface area is 160 Å². The SMILES string of the molecule is COCCOCc1ccc2ccc(CN3CCC(NC(=O)O)CC3)cc2c1. The van der Waals surface area contributed by atoms with Crippen molar-refractivity contribution in [1.29, 1.82) is 0 Å². The van der Waals surface area contributed by atoms with E-state index in [2.05, 4.69) is 46.6 Å². The van der Waals surface area contributed by atoms with Gasteiger partial charge in [-0.05, 0) is 46.9 Å². The Balaban J connectivity index is 1.58. The second-order valence-electron chi connectivity index (χ2n) is 7.06. The lowest BCUT2D eigenvalue weighted by Gasteiger charge is -2.31. The second-order valence-corrected chi connectivity index (χ2v) is 7.06. The minimum Gasteiger partial charge on any atom is -0.465 e. The summed E-state index contributed by atoms with van der Waals surface area (Å²) in [7, 11) is 1.67. The van der Waals surface area contributed by atoms with Gasteiger partial charge in [0.25, 0.3) is 0 Å². The van der Waals surface area contributed by atoms with Gasteiger partial charge in [0.15, 0.2) is 0 Å². The van der Waals surface area contributed by atoms with E-state index in [1.807, 2.05) is 0 Å². The molecule has 27 heavy (non-hydrogen) atoms. The van der Waals surface area contributed by atoms with Crippen molar-refractivity contribution in [3.8, 4) is 0 Å². The Morgan fingerprint density at radius 3 is 2.52 bits per heavy atom. The lowest BCUT2D eigenvalue weighted by atomic mass is 10.0. The summed E-state index contributed by atoms with van der Waals surface area (Å²) in [4.78, 5) is 13.1. The number of nitrogens with zero attached hydrogens (tertiary/aromatic N) is 1. The van der Waals surface area contributed by atoms with E-state index in [0.29, 0.717) is 19.8 Å². The van der Waals surface area contributed by atoms with Crippen LogP contribution in [0.3, 0.4) is 0 Å². The van der Waals surface area contributed by atoms with Gasteiger partial charge >= 0.3 is 6.09 Å². The molecule has 146 valence electrons. The molecule has 0 aromatic heterocycles. The normalized spacial score (nSPS) is 15.9. The molecular weight excluding hydrogens is 344 g/mol. The van der Waals surface area contributed by atoms with Gasteiger partial charge in [0.05, 0.1) is 19.8 Å². The third-order valence-corrected chi connectivity index (χ3v) is 4.99. The number of hydrogen-bond acceptors (Lipinski definition) is 4. The van der Waals surface area contributed by atoms with Gasteiger partial charge in [-0.1, -0.05) is 24.3 Å². The molecular formula is C21H28N2O4. The highest BCUT2D eigenvalue weighted by Crippen LogP contribution is 2.21. The fraction of sp³-hybridized carbons (Fsp3) is 0.476. The highest BCUT2D eigenvalue weighted by molar-refractivity contribution is 5.83. The molecule has 6 nitrogen and oxygen atoms in total. The number of methoxy groups -OCH3 is 1. The molecule has 0 saturated carbocycles. The average molecular weight is 372 g/mol. The van der Waals surface area contributed by atoms with Crippen LogP contribution in [0.2, 0.25) is 0 Å². The summed E-state index contributed by atoms with van der Waals surface area (Å²) in [5.41, 5.74) is 2.45. The number of carboxylic acid groups (broad SMARTS) is 1. The van der Waals surface area contributed by atoms with Crippen molar-refractivity contribution in [2.24, 2.45) is 0 Å². The Morgan fingerprint density at radius 1 is 1.11 bits per heavy atom. The molecule has 0 aliphatic carbocycles. The van der Waals surface area contributed by atoms with E-state index in [4.69, 9.17) is 14.6 Å². The summed E-state index contributed by atoms with van der Waals surface area (Å²) in [6, 6.07) is 13.1. The molecule has 0 bridgehead atoms. The van der Waals surface area contributed by atoms with Gasteiger partial charge in [-0.2, -0.15) is 0 Å². The zero-order valence-electron chi connectivity index (χ0n) is 15.8. The first-order chi connectivity index (χ1) is 13.1. The molecule has 1 aliphatic rings. The van der Waals surface area contributed by atoms with Crippen LogP contribution >= 0.6 is 0 Å². The fourth-order valence-electron chi connectivity index (χ4n) is 3.53. The van der Waals surface area contributed by atoms with Crippen molar-refractivity contribution < 1.29 is 19.4 Å². The number of likely N-dealkylation sites (tertiary alicyclic amines) is 1. The maximum absolute atomic E-state index is 10.8. The third-order valence-electron chi connectivity index (χ3n) is 4.99. The third kappa shape index (κ3) is 5.92. The monoisotopic (exact) mass is 372 g/mol. The highest BCUT2D eigenvalue weighted by Gasteiger charge is 2.20. The molecule has 0 radical (unpaired) electrons. The topological polar surface area (TPSA) is 71.0 Å². The maximum atomic E-state index is 10.8. The zero-order valence-corrected chi connectivity index (χ0v) is 15.8. The largest absolute Gasteiger partial charge is 0.465 e. The van der Waals surface area contributed by atoms with Gasteiger partial charge in [-0.3, -0.25) is 4.90 Å². The number of benzene rings is 2. The second kappa shape index (κ2) is 9.69. The summed E-state index contributed by atoms with van der Waals surface area (Å²) in [5, 5.41) is 13.9. The smallest absolute Gasteiger partial charge is 0.404 e. The molecule has 0 atom stereocenters. The van der Waals surface area contributed by atoms with Crippen LogP contribution in [0.4, 0.5) is 4.79 Å². The molecule has 6 heteroatoms. The van der Waals surface area contributed by atoms with E-state index < -0.39 is 6.09 Å². The van der Waals surface area contributed by atoms with Crippen LogP contribution in [-0.2, 0) is 22.6 Å². The van der Waals surface area contributed by atoms with Gasteiger partial charge in [0.1, 0.15) is 0 Å². The van der Waals surface area contributed by atoms with E-state index in [1.165, 1.54) is 16.3 Å². The van der Waals surface area contributed by atoms with Crippen molar-refractivity contribution in [3.05, 3.63) is 47.5 Å². The van der Waals surface area contributed by atoms with Crippen LogP contribution in [0.5, 0.6) is 0 Å². The molecule has 0 unspecified atom stereocenters. The molecule has 1 saturated heterocycles. The number of nitrogens with one attached hydrogen (secondary N) is 1. The summed E-state index contributed by atoms with van der Waals surface area (Å²) >= 11 is 0. The zero-order chi connectivity index (χ0) is 19.1. The average Bonchev–Trinajstić information content (AvgIpc) is 2.66. The maximum Gasteiger partial charge on any atom is 0.404 e. The Bertz CT molecular complexity index is 757. The number of amides is 1. The standard InChI is InChI=1S/C21H28N2O4/c1-26-10-11-27-15-17-3-5-18-4-2-16(12-19(18)13-17)14-23-8-6-20(7-9-23)22-21(24)25/h2-5,12-13,20,22H,6-11,14-15H2,1H3,(H,24,25). The van der Waals surface area contributed by atoms with Crippen LogP contribution in [0, 0.1) is 0 Å². The van der Waals surface area contributed by atoms with Crippen LogP contribution in [0.15, 0.2) is 36.4 Å². The number of ether oxygens (including phenoxy) is 2. The van der Waals surface area contributed by atoms with Crippen LogP contribution in [-0.4, -0.2) is 55.6 Å². The van der Waals surface area contributed by atoms with Crippen molar-refractivity contribution in [2.75, 3.05) is 33.4 Å². The highest BCUT2D eigenvalue weighted by atomic mass is 16.5. The van der Waals surface area contributed by atoms with Crippen LogP contribution in [0.1, 0.15) is 24.0 Å². The van der Waals surface area contributed by atoms with Crippen molar-refractivity contribution >= 4 is 16.9 Å². The Kier molecular flexibility index (Phi) is 7.04. The first-order valence-electron chi connectivity index (χ1n) is 9.44. The van der Waals surface area contributed by atoms with Crippen LogP contribution in [0.25, 0.3) is 10.8 Å². The molecule has 1 heterocycles. The molecule has 1 fully saturated rings. The van der Waals surface area contributed by atoms with E-state index in [-0.39, 0.29) is 6.04 Å². The quantitative estimate of drug-likeness (QED) is 0.696. The number of piperidine rings is 1. The predicted octanol–water partition coefficient (Wildman–Crippen LogP) is 3.23. The minimum absolute atomic E-state index is 0.0796. The fourth-order valence-corrected chi connectivity index (χ4v) is 3.53. The van der Waals surface area contributed by atoms with Gasteiger partial charge < -0.3 is 19.9 Å². The molecule has 1 amide bonds. The Hall–Kier alpha value is -2.15. The lowest BCUT2D eigenvalue weighted by molar-refractivity contribution is 0.0617. The van der Waals surface area contributed by atoms with Gasteiger partial charge in [0.2, 0.25) is 0 Å². The first kappa shape index (κ1) is 19.6. The van der Waals surface area contributed by atoms with Crippen LogP contribution < -0.4 is 5.32 Å². The first-order valence-corrected chi connectivity index (χ1v) is 9.44. The Morgan fingerprint density at radius 2 is 1.81 bits per heavy atom. The minimum atomic E-state index is -0.926. The molecule has 2 aromatic carbocycles. The molecule has 3 rings (SSSR count). The number of fused-ring (bicyclic) bond motifs is 1. The lowest BCUT2D eigenvalue weighted by Crippen LogP contribution is -2.43. The van der Waals surface area contributed by atoms with E-state index in [0.717, 1.165) is 38.0 Å². The molecule has 1 aliphatic heterocycles. The summed E-state index contributed by atoms with van der Waals surface area (Å²) in [5.74, 6) is 0. The summed E-state index contributed by atoms with van der Waals surface area (Å²) in [6.45, 7) is 4.52. The van der Waals surface area contributed by atoms with Crippen molar-refractivity contribution in [3.63, 3.8) is 0 Å². The number of rotatable bonds is 8. The number of hydrogen-bond donors (Lipinski definition) is 2. The predicted molar refractivity (Wildman–Crippen MR) is 105 cm³/mol. The van der Waals surface area contributed by atoms with E-state index in [1.54, 1.807) is 7.11 Å². The molecule has 2 N–H and O–H groups in total. The van der Waals surface area contributed by atoms with Gasteiger partial charge in [-0.15, -0.1) is 0 Å². The molecule has 2 aromatic rings. The van der Waals surface area contributed by atoms with Crippen molar-refractivity contribution in [2.45, 2.75) is 32.0 Å². The summed E-state index contributed by atoms with van der Waals surface area (Å²) in [6.07, 6.45) is 0.802. The van der Waals surface area contributed by atoms with Crippen molar-refractivity contribution in [1.82, 2.24) is 10.2 Å². The van der Waals surface area contributed by atoms with E-state index >= 15 is 0 Å². The van der Waals surface area contributed by atoms with Gasteiger partial charge in [-0.25, -0.2) is 4.79 Å². The number of carbonyl (C=O) groups is 1. The van der Waals surface area contributed by atoms with E-state index in [9.17, 15) is 4.79 Å². The van der Waals surface area contributed by atoms with Gasteiger partial charge in [0, 0.05) is 32.8 Å². The summed E-state index contributed by atoms with van der Waals surface area (Å²) < 4.78 is 10.6.